The van der Waals surface area contributed by atoms with Crippen LogP contribution in [0.15, 0.2) is 47.7 Å². The zero-order chi connectivity index (χ0) is 11.0. The first kappa shape index (κ1) is 9.21. The number of nitrogens with one attached hydrogen (secondary N) is 1. The lowest BCUT2D eigenvalue weighted by atomic mass is 10.2. The molecule has 0 spiro atoms. The van der Waals surface area contributed by atoms with Crippen LogP contribution in [0.3, 0.4) is 0 Å². The Morgan fingerprint density at radius 2 is 2.25 bits per heavy atom. The van der Waals surface area contributed by atoms with E-state index in [0.29, 0.717) is 0 Å². The van der Waals surface area contributed by atoms with Crippen molar-refractivity contribution in [2.24, 2.45) is 4.99 Å². The summed E-state index contributed by atoms with van der Waals surface area (Å²) in [5.41, 5.74) is 2.34. The van der Waals surface area contributed by atoms with Crippen LogP contribution in [0.1, 0.15) is 6.92 Å². The zero-order valence-electron chi connectivity index (χ0n) is 9.09. The van der Waals surface area contributed by atoms with E-state index in [4.69, 9.17) is 0 Å². The average molecular weight is 211 g/mol. The number of benzene rings is 1. The van der Waals surface area contributed by atoms with Crippen molar-refractivity contribution in [2.75, 3.05) is 4.90 Å². The smallest absolute Gasteiger partial charge is 0.122 e. The molecule has 2 heterocycles. The van der Waals surface area contributed by atoms with E-state index in [0.717, 1.165) is 0 Å². The lowest BCUT2D eigenvalue weighted by Gasteiger charge is -2.26. The van der Waals surface area contributed by atoms with Crippen LogP contribution in [0.5, 0.6) is 0 Å². The van der Waals surface area contributed by atoms with Crippen molar-refractivity contribution in [1.82, 2.24) is 4.98 Å². The summed E-state index contributed by atoms with van der Waals surface area (Å²) < 4.78 is 0. The second kappa shape index (κ2) is 3.52. The predicted molar refractivity (Wildman–Crippen MR) is 67.9 cm³/mol. The normalized spacial score (nSPS) is 19.6. The molecule has 1 aliphatic heterocycles. The number of nitrogens with zero attached hydrogens (tertiary/aromatic N) is 2. The molecular weight excluding hydrogens is 198 g/mol. The maximum Gasteiger partial charge on any atom is 0.122 e. The van der Waals surface area contributed by atoms with Crippen LogP contribution >= 0.6 is 0 Å². The van der Waals surface area contributed by atoms with Gasteiger partial charge in [-0.3, -0.25) is 4.99 Å². The molecule has 1 aromatic carbocycles. The molecule has 0 saturated heterocycles. The molecule has 0 radical (unpaired) electrons. The Bertz CT molecular complexity index is 565. The Morgan fingerprint density at radius 1 is 1.31 bits per heavy atom. The highest BCUT2D eigenvalue weighted by molar-refractivity contribution is 5.84. The number of allylic oxidation sites excluding steroid dienone is 1. The molecule has 0 amide bonds. The summed E-state index contributed by atoms with van der Waals surface area (Å²) in [7, 11) is 0. The van der Waals surface area contributed by atoms with Crippen LogP contribution in [-0.4, -0.2) is 17.4 Å². The highest BCUT2D eigenvalue weighted by atomic mass is 15.2. The summed E-state index contributed by atoms with van der Waals surface area (Å²) in [6, 6.07) is 8.47. The van der Waals surface area contributed by atoms with Gasteiger partial charge in [0.25, 0.3) is 0 Å². The van der Waals surface area contributed by atoms with E-state index >= 15 is 0 Å². The highest BCUT2D eigenvalue weighted by Gasteiger charge is 2.12. The monoisotopic (exact) mass is 211 g/mol. The fourth-order valence-corrected chi connectivity index (χ4v) is 2.00. The first-order chi connectivity index (χ1) is 7.84. The van der Waals surface area contributed by atoms with Gasteiger partial charge in [0.05, 0.1) is 0 Å². The minimum atomic E-state index is 0.168. The third-order valence-corrected chi connectivity index (χ3v) is 2.87. The van der Waals surface area contributed by atoms with Crippen LogP contribution in [0, 0.1) is 0 Å². The largest absolute Gasteiger partial charge is 0.361 e. The van der Waals surface area contributed by atoms with Crippen molar-refractivity contribution in [3.8, 4) is 0 Å². The van der Waals surface area contributed by atoms with Gasteiger partial charge in [-0.1, -0.05) is 0 Å². The molecule has 1 aliphatic rings. The van der Waals surface area contributed by atoms with Crippen molar-refractivity contribution in [3.63, 3.8) is 0 Å². The van der Waals surface area contributed by atoms with Gasteiger partial charge < -0.3 is 9.88 Å². The number of aliphatic imine (C=N–C) groups is 1. The van der Waals surface area contributed by atoms with Gasteiger partial charge in [-0.2, -0.15) is 0 Å². The van der Waals surface area contributed by atoms with E-state index in [1.165, 1.54) is 16.6 Å². The van der Waals surface area contributed by atoms with Gasteiger partial charge in [0.2, 0.25) is 0 Å². The van der Waals surface area contributed by atoms with Crippen LogP contribution in [0.4, 0.5) is 5.69 Å². The second-order valence-electron chi connectivity index (χ2n) is 3.93. The number of aromatic amines is 1. The third-order valence-electron chi connectivity index (χ3n) is 2.87. The molecule has 1 unspecified atom stereocenters. The van der Waals surface area contributed by atoms with E-state index in [-0.39, 0.29) is 6.17 Å². The number of anilines is 1. The first-order valence-corrected chi connectivity index (χ1v) is 5.40. The molecular formula is C13H13N3. The predicted octanol–water partition coefficient (Wildman–Crippen LogP) is 2.92. The first-order valence-electron chi connectivity index (χ1n) is 5.40. The summed E-state index contributed by atoms with van der Waals surface area (Å²) in [5, 5.41) is 1.23. The Kier molecular flexibility index (Phi) is 2.03. The quantitative estimate of drug-likeness (QED) is 0.772. The maximum absolute atomic E-state index is 4.36. The summed E-state index contributed by atoms with van der Waals surface area (Å²) in [4.78, 5) is 9.72. The summed E-state index contributed by atoms with van der Waals surface area (Å²) >= 11 is 0. The Balaban J connectivity index is 2.05. The van der Waals surface area contributed by atoms with Crippen LogP contribution in [0.2, 0.25) is 0 Å². The van der Waals surface area contributed by atoms with E-state index in [1.54, 1.807) is 0 Å². The zero-order valence-corrected chi connectivity index (χ0v) is 9.09. The number of aromatic nitrogens is 1. The fraction of sp³-hybridized carbons (Fsp3) is 0.154. The molecule has 2 aromatic rings. The molecule has 3 nitrogen and oxygen atoms in total. The maximum atomic E-state index is 4.36. The van der Waals surface area contributed by atoms with Gasteiger partial charge in [0, 0.05) is 35.2 Å². The summed E-state index contributed by atoms with van der Waals surface area (Å²) in [6.07, 6.45) is 7.99. The molecule has 1 N–H and O–H groups in total. The molecule has 3 heteroatoms. The molecule has 0 fully saturated rings. The van der Waals surface area contributed by atoms with Crippen LogP contribution in [-0.2, 0) is 0 Å². The number of hydrogen-bond donors (Lipinski definition) is 1. The summed E-state index contributed by atoms with van der Waals surface area (Å²) in [6.45, 7) is 2.08. The van der Waals surface area contributed by atoms with Gasteiger partial charge >= 0.3 is 0 Å². The lowest BCUT2D eigenvalue weighted by Crippen LogP contribution is -2.27. The van der Waals surface area contributed by atoms with E-state index in [9.17, 15) is 0 Å². The van der Waals surface area contributed by atoms with Crippen LogP contribution < -0.4 is 4.90 Å². The average Bonchev–Trinajstić information content (AvgIpc) is 2.76. The Labute approximate surface area is 94.1 Å². The molecule has 3 rings (SSSR count). The van der Waals surface area contributed by atoms with Crippen molar-refractivity contribution >= 4 is 22.8 Å². The second-order valence-corrected chi connectivity index (χ2v) is 3.93. The third kappa shape index (κ3) is 1.41. The van der Waals surface area contributed by atoms with Crippen molar-refractivity contribution < 1.29 is 0 Å². The van der Waals surface area contributed by atoms with Gasteiger partial charge in [-0.05, 0) is 37.3 Å². The molecule has 0 aliphatic carbocycles. The number of H-pyrrole nitrogens is 1. The van der Waals surface area contributed by atoms with Crippen molar-refractivity contribution in [1.29, 1.82) is 0 Å². The highest BCUT2D eigenvalue weighted by Crippen LogP contribution is 2.24. The molecule has 0 saturated carbocycles. The SMILES string of the molecule is CC1N=CC=CN1c1ccc2[nH]ccc2c1. The van der Waals surface area contributed by atoms with E-state index in [1.807, 2.05) is 18.5 Å². The Hall–Kier alpha value is -2.03. The van der Waals surface area contributed by atoms with Gasteiger partial charge in [0.15, 0.2) is 0 Å². The molecule has 0 bridgehead atoms. The van der Waals surface area contributed by atoms with E-state index in [2.05, 4.69) is 52.3 Å². The molecule has 1 aromatic heterocycles. The minimum absolute atomic E-state index is 0.168. The Morgan fingerprint density at radius 3 is 3.12 bits per heavy atom. The minimum Gasteiger partial charge on any atom is -0.361 e. The van der Waals surface area contributed by atoms with Gasteiger partial charge in [-0.25, -0.2) is 0 Å². The van der Waals surface area contributed by atoms with E-state index < -0.39 is 0 Å². The summed E-state index contributed by atoms with van der Waals surface area (Å²) in [5.74, 6) is 0. The standard InChI is InChI=1S/C13H13N3/c1-10-14-6-2-8-16(10)12-3-4-13-11(9-12)5-7-15-13/h2-10,15H,1H3. The van der Waals surface area contributed by atoms with Gasteiger partial charge in [-0.15, -0.1) is 0 Å². The number of fused-ring (bicyclic) bond motifs is 1. The molecule has 16 heavy (non-hydrogen) atoms. The van der Waals surface area contributed by atoms with Crippen molar-refractivity contribution in [2.45, 2.75) is 13.1 Å². The van der Waals surface area contributed by atoms with Gasteiger partial charge in [0.1, 0.15) is 6.17 Å². The molecule has 80 valence electrons. The number of hydrogen-bond acceptors (Lipinski definition) is 2. The van der Waals surface area contributed by atoms with Crippen LogP contribution in [0.25, 0.3) is 10.9 Å². The number of rotatable bonds is 1. The van der Waals surface area contributed by atoms with Crippen molar-refractivity contribution in [3.05, 3.63) is 42.7 Å². The topological polar surface area (TPSA) is 31.4 Å². The molecule has 1 atom stereocenters. The fourth-order valence-electron chi connectivity index (χ4n) is 2.00. The lowest BCUT2D eigenvalue weighted by molar-refractivity contribution is 0.746.